The molecule has 0 saturated carbocycles. The van der Waals surface area contributed by atoms with Crippen molar-refractivity contribution in [1.29, 1.82) is 0 Å². The predicted octanol–water partition coefficient (Wildman–Crippen LogP) is 0.759. The highest BCUT2D eigenvalue weighted by Crippen LogP contribution is 1.78. The van der Waals surface area contributed by atoms with Crippen molar-refractivity contribution in [1.82, 2.24) is 10.2 Å². The summed E-state index contributed by atoms with van der Waals surface area (Å²) in [5, 5.41) is 3.06. The number of hydrogen-bond acceptors (Lipinski definition) is 4. The van der Waals surface area contributed by atoms with Crippen LogP contribution in [-0.2, 0) is 4.74 Å². The van der Waals surface area contributed by atoms with Gasteiger partial charge in [0.25, 0.3) is 0 Å². The molecule has 0 unspecified atom stereocenters. The summed E-state index contributed by atoms with van der Waals surface area (Å²) in [7, 11) is 7.31. The van der Waals surface area contributed by atoms with E-state index in [4.69, 9.17) is 0 Å². The first kappa shape index (κ1) is 14.2. The third-order valence-electron chi connectivity index (χ3n) is 0.970. The molecule has 0 rings (SSSR count). The lowest BCUT2D eigenvalue weighted by atomic mass is 10.6. The summed E-state index contributed by atoms with van der Waals surface area (Å²) < 4.78 is 3.88. The second-order valence-electron chi connectivity index (χ2n) is 2.35. The molecule has 1 N–H and O–H groups in total. The Labute approximate surface area is 78.8 Å². The van der Waals surface area contributed by atoms with Crippen LogP contribution in [-0.4, -0.2) is 51.7 Å². The van der Waals surface area contributed by atoms with Crippen molar-refractivity contribution in [3.63, 3.8) is 0 Å². The summed E-state index contributed by atoms with van der Waals surface area (Å²) in [6.45, 7) is 2.20. The van der Waals surface area contributed by atoms with Crippen LogP contribution in [0.4, 0.5) is 4.79 Å². The normalized spacial score (nSPS) is 8.83. The third-order valence-corrected chi connectivity index (χ3v) is 1.12. The zero-order valence-corrected chi connectivity index (χ0v) is 8.81. The van der Waals surface area contributed by atoms with Crippen LogP contribution in [0.2, 0.25) is 0 Å². The largest absolute Gasteiger partial charge is 0.457 e. The number of ether oxygens (including phenoxy) is 1. The van der Waals surface area contributed by atoms with E-state index in [-0.39, 0.29) is 0 Å². The first-order chi connectivity index (χ1) is 5.54. The van der Waals surface area contributed by atoms with Crippen molar-refractivity contribution in [2.75, 3.05) is 41.3 Å². The minimum Gasteiger partial charge on any atom is -0.457 e. The highest BCUT2D eigenvalue weighted by Gasteiger charge is 1.82. The molecule has 0 spiro atoms. The Hall–Kier alpha value is -0.320. The van der Waals surface area contributed by atoms with Crippen molar-refractivity contribution < 1.29 is 9.53 Å². The summed E-state index contributed by atoms with van der Waals surface area (Å²) in [6.07, 6.45) is 0. The Bertz CT molecular complexity index is 110. The summed E-state index contributed by atoms with van der Waals surface area (Å²) in [4.78, 5) is 11.5. The van der Waals surface area contributed by atoms with E-state index in [0.29, 0.717) is 0 Å². The first-order valence-electron chi connectivity index (χ1n) is 3.57. The maximum absolute atomic E-state index is 9.36. The van der Waals surface area contributed by atoms with Crippen LogP contribution in [0, 0.1) is 0 Å². The van der Waals surface area contributed by atoms with E-state index in [9.17, 15) is 4.79 Å². The molecule has 12 heavy (non-hydrogen) atoms. The van der Waals surface area contributed by atoms with Crippen LogP contribution in [0.3, 0.4) is 0 Å². The monoisotopic (exact) mass is 196 g/mol. The predicted molar refractivity (Wildman–Crippen MR) is 50.7 cm³/mol. The van der Waals surface area contributed by atoms with Gasteiger partial charge in [0.15, 0.2) is 0 Å². The molecule has 0 heterocycles. The number of halogens is 1. The van der Waals surface area contributed by atoms with Gasteiger partial charge in [-0.05, 0) is 21.1 Å². The van der Waals surface area contributed by atoms with E-state index in [1.807, 2.05) is 7.05 Å². The molecule has 0 aromatic heterocycles. The Morgan fingerprint density at radius 2 is 2.00 bits per heavy atom. The zero-order valence-electron chi connectivity index (χ0n) is 8.06. The molecule has 0 radical (unpaired) electrons. The molecular weight excluding hydrogens is 180 g/mol. The highest BCUT2D eigenvalue weighted by molar-refractivity contribution is 6.61. The van der Waals surface area contributed by atoms with Crippen LogP contribution in [0.15, 0.2) is 0 Å². The van der Waals surface area contributed by atoms with Gasteiger partial charge in [0.2, 0.25) is 0 Å². The van der Waals surface area contributed by atoms with Crippen LogP contribution in [0.5, 0.6) is 0 Å². The van der Waals surface area contributed by atoms with E-state index in [0.717, 1.165) is 13.1 Å². The fraction of sp³-hybridized carbons (Fsp3) is 0.857. The van der Waals surface area contributed by atoms with Crippen LogP contribution in [0.25, 0.3) is 0 Å². The lowest BCUT2D eigenvalue weighted by Crippen LogP contribution is -2.23. The average Bonchev–Trinajstić information content (AvgIpc) is 2.02. The van der Waals surface area contributed by atoms with Crippen LogP contribution < -0.4 is 5.32 Å². The number of nitrogens with zero attached hydrogens (tertiary/aromatic N) is 1. The molecule has 4 nitrogen and oxygen atoms in total. The van der Waals surface area contributed by atoms with Gasteiger partial charge in [-0.25, -0.2) is 4.79 Å². The maximum Gasteiger partial charge on any atom is 0.403 e. The maximum atomic E-state index is 9.36. The van der Waals surface area contributed by atoms with Crippen molar-refractivity contribution in [3.05, 3.63) is 0 Å². The van der Waals surface area contributed by atoms with Gasteiger partial charge in [-0.3, -0.25) is 0 Å². The van der Waals surface area contributed by atoms with E-state index in [2.05, 4.69) is 40.6 Å². The molecule has 0 aliphatic rings. The Morgan fingerprint density at radius 3 is 2.08 bits per heavy atom. The molecule has 0 aliphatic carbocycles. The lowest BCUT2D eigenvalue weighted by molar-refractivity contribution is 0.198. The average molecular weight is 197 g/mol. The second-order valence-corrected chi connectivity index (χ2v) is 2.66. The molecule has 0 aliphatic heterocycles. The van der Waals surface area contributed by atoms with Gasteiger partial charge in [0.05, 0.1) is 7.11 Å². The molecule has 0 aromatic rings. The van der Waals surface area contributed by atoms with E-state index in [1.165, 1.54) is 7.11 Å². The zero-order chi connectivity index (χ0) is 9.98. The molecule has 5 heteroatoms. The number of methoxy groups -OCH3 is 1. The SMILES string of the molecule is CNCCN(C)C.COC(=O)Cl. The molecule has 0 bridgehead atoms. The molecular formula is C7H17ClN2O2. The number of carbonyl (C=O) groups is 1. The minimum atomic E-state index is -0.773. The van der Waals surface area contributed by atoms with Gasteiger partial charge in [-0.15, -0.1) is 0 Å². The summed E-state index contributed by atoms with van der Waals surface area (Å²) in [6, 6.07) is 0. The van der Waals surface area contributed by atoms with Gasteiger partial charge in [0, 0.05) is 24.7 Å². The molecule has 0 atom stereocenters. The smallest absolute Gasteiger partial charge is 0.403 e. The van der Waals surface area contributed by atoms with Crippen molar-refractivity contribution >= 4 is 17.0 Å². The third kappa shape index (κ3) is 22.6. The molecule has 0 fully saturated rings. The van der Waals surface area contributed by atoms with Gasteiger partial charge in [-0.2, -0.15) is 0 Å². The van der Waals surface area contributed by atoms with E-state index in [1.54, 1.807) is 0 Å². The topological polar surface area (TPSA) is 41.6 Å². The Morgan fingerprint density at radius 1 is 1.58 bits per heavy atom. The van der Waals surface area contributed by atoms with Gasteiger partial charge >= 0.3 is 5.43 Å². The van der Waals surface area contributed by atoms with Gasteiger partial charge in [-0.1, -0.05) is 0 Å². The fourth-order valence-corrected chi connectivity index (χ4v) is 0.335. The Kier molecular flexibility index (Phi) is 12.7. The number of rotatable bonds is 3. The number of nitrogens with one attached hydrogen (secondary N) is 1. The molecule has 0 amide bonds. The highest BCUT2D eigenvalue weighted by atomic mass is 35.5. The molecule has 0 aromatic carbocycles. The van der Waals surface area contributed by atoms with Gasteiger partial charge in [0.1, 0.15) is 0 Å². The van der Waals surface area contributed by atoms with Crippen molar-refractivity contribution in [2.45, 2.75) is 0 Å². The van der Waals surface area contributed by atoms with Gasteiger partial charge < -0.3 is 15.0 Å². The van der Waals surface area contributed by atoms with Crippen LogP contribution >= 0.6 is 11.6 Å². The summed E-state index contributed by atoms with van der Waals surface area (Å²) in [5.74, 6) is 0. The molecule has 74 valence electrons. The van der Waals surface area contributed by atoms with Crippen LogP contribution in [0.1, 0.15) is 0 Å². The Balaban J connectivity index is 0. The van der Waals surface area contributed by atoms with Crippen molar-refractivity contribution in [3.8, 4) is 0 Å². The lowest BCUT2D eigenvalue weighted by Gasteiger charge is -2.06. The van der Waals surface area contributed by atoms with E-state index < -0.39 is 5.43 Å². The number of likely N-dealkylation sites (N-methyl/N-ethyl adjacent to an activating group) is 2. The number of hydrogen-bond donors (Lipinski definition) is 1. The first-order valence-corrected chi connectivity index (χ1v) is 3.95. The van der Waals surface area contributed by atoms with E-state index >= 15 is 0 Å². The summed E-state index contributed by atoms with van der Waals surface area (Å²) >= 11 is 4.60. The summed E-state index contributed by atoms with van der Waals surface area (Å²) in [5.41, 5.74) is -0.773. The standard InChI is InChI=1S/C5H14N2.C2H3ClO2/c1-6-4-5-7(2)3;1-5-2(3)4/h6H,4-5H2,1-3H3;1H3. The van der Waals surface area contributed by atoms with Crippen molar-refractivity contribution in [2.24, 2.45) is 0 Å². The second kappa shape index (κ2) is 10.7. The quantitative estimate of drug-likeness (QED) is 0.677. The fourth-order valence-electron chi connectivity index (χ4n) is 0.335. The number of carbonyl (C=O) groups excluding carboxylic acids is 1. The minimum absolute atomic E-state index is 0.773. The molecule has 0 saturated heterocycles.